The van der Waals surface area contributed by atoms with Crippen LogP contribution >= 0.6 is 15.9 Å². The van der Waals surface area contributed by atoms with Gasteiger partial charge in [-0.1, -0.05) is 0 Å². The van der Waals surface area contributed by atoms with Crippen molar-refractivity contribution in [2.45, 2.75) is 0 Å². The Morgan fingerprint density at radius 2 is 2.05 bits per heavy atom. The van der Waals surface area contributed by atoms with Gasteiger partial charge in [0.25, 0.3) is 5.91 Å². The summed E-state index contributed by atoms with van der Waals surface area (Å²) in [6, 6.07) is 4.76. The SMILES string of the molecule is Cn1cc(Br)cc1C(=O)Nc1ccc(F)cc1C(=O)O. The van der Waals surface area contributed by atoms with E-state index in [-0.39, 0.29) is 11.3 Å². The Kier molecular flexibility index (Phi) is 3.89. The van der Waals surface area contributed by atoms with Crippen molar-refractivity contribution in [2.24, 2.45) is 7.05 Å². The maximum absolute atomic E-state index is 13.0. The van der Waals surface area contributed by atoms with Crippen molar-refractivity contribution >= 4 is 33.5 Å². The van der Waals surface area contributed by atoms with E-state index in [2.05, 4.69) is 21.2 Å². The van der Waals surface area contributed by atoms with Crippen LogP contribution in [0.25, 0.3) is 0 Å². The number of hydrogen-bond donors (Lipinski definition) is 2. The van der Waals surface area contributed by atoms with Crippen molar-refractivity contribution in [2.75, 3.05) is 5.32 Å². The molecule has 1 aromatic carbocycles. The molecule has 2 N–H and O–H groups in total. The zero-order chi connectivity index (χ0) is 14.9. The first-order valence-electron chi connectivity index (χ1n) is 5.54. The number of nitrogens with one attached hydrogen (secondary N) is 1. The smallest absolute Gasteiger partial charge is 0.337 e. The minimum absolute atomic E-state index is 0.0428. The first kappa shape index (κ1) is 14.3. The molecule has 0 unspecified atom stereocenters. The molecule has 0 atom stereocenters. The number of carboxylic acids is 1. The van der Waals surface area contributed by atoms with Crippen molar-refractivity contribution in [3.05, 3.63) is 52.0 Å². The Morgan fingerprint density at radius 3 is 2.60 bits per heavy atom. The van der Waals surface area contributed by atoms with E-state index in [1.165, 1.54) is 6.07 Å². The number of carboxylic acid groups (broad SMARTS) is 1. The first-order valence-corrected chi connectivity index (χ1v) is 6.34. The molecule has 0 fully saturated rings. The Labute approximate surface area is 122 Å². The second-order valence-electron chi connectivity index (χ2n) is 4.10. The topological polar surface area (TPSA) is 71.3 Å². The molecule has 0 aliphatic heterocycles. The normalized spacial score (nSPS) is 10.3. The molecule has 1 aromatic heterocycles. The lowest BCUT2D eigenvalue weighted by Crippen LogP contribution is -2.17. The number of halogens is 2. The molecule has 0 spiro atoms. The molecular formula is C13H10BrFN2O3. The standard InChI is InChI=1S/C13H10BrFN2O3/c1-17-6-7(14)4-11(17)12(18)16-10-3-2-8(15)5-9(10)13(19)20/h2-6H,1H3,(H,16,18)(H,19,20). The van der Waals surface area contributed by atoms with E-state index < -0.39 is 17.7 Å². The third kappa shape index (κ3) is 2.88. The average Bonchev–Trinajstić information content (AvgIpc) is 2.70. The summed E-state index contributed by atoms with van der Waals surface area (Å²) in [6.45, 7) is 0. The summed E-state index contributed by atoms with van der Waals surface area (Å²) in [4.78, 5) is 23.1. The summed E-state index contributed by atoms with van der Waals surface area (Å²) in [6.07, 6.45) is 1.69. The van der Waals surface area contributed by atoms with E-state index in [1.54, 1.807) is 23.9 Å². The fourth-order valence-corrected chi connectivity index (χ4v) is 2.26. The Hall–Kier alpha value is -2.15. The molecule has 0 radical (unpaired) electrons. The lowest BCUT2D eigenvalue weighted by Gasteiger charge is -2.09. The van der Waals surface area contributed by atoms with Crippen molar-refractivity contribution in [1.29, 1.82) is 0 Å². The van der Waals surface area contributed by atoms with E-state index >= 15 is 0 Å². The van der Waals surface area contributed by atoms with Gasteiger partial charge in [0, 0.05) is 17.7 Å². The van der Waals surface area contributed by atoms with Crippen molar-refractivity contribution in [1.82, 2.24) is 4.57 Å². The van der Waals surface area contributed by atoms with Crippen LogP contribution in [0.4, 0.5) is 10.1 Å². The molecule has 1 amide bonds. The predicted octanol–water partition coefficient (Wildman–Crippen LogP) is 2.88. The van der Waals surface area contributed by atoms with Gasteiger partial charge in [-0.2, -0.15) is 0 Å². The van der Waals surface area contributed by atoms with Crippen molar-refractivity contribution < 1.29 is 19.1 Å². The number of carbonyl (C=O) groups is 2. The van der Waals surface area contributed by atoms with Gasteiger partial charge in [0.05, 0.1) is 11.3 Å². The molecular weight excluding hydrogens is 331 g/mol. The second kappa shape index (κ2) is 5.46. The molecule has 2 rings (SSSR count). The minimum Gasteiger partial charge on any atom is -0.478 e. The molecule has 5 nitrogen and oxygen atoms in total. The minimum atomic E-state index is -1.31. The molecule has 20 heavy (non-hydrogen) atoms. The highest BCUT2D eigenvalue weighted by molar-refractivity contribution is 9.10. The number of aryl methyl sites for hydroxylation is 1. The summed E-state index contributed by atoms with van der Waals surface area (Å²) in [7, 11) is 1.68. The van der Waals surface area contributed by atoms with Crippen LogP contribution in [0, 0.1) is 5.82 Å². The first-order chi connectivity index (χ1) is 9.38. The zero-order valence-electron chi connectivity index (χ0n) is 10.4. The molecule has 7 heteroatoms. The van der Waals surface area contributed by atoms with E-state index in [1.807, 2.05) is 0 Å². The summed E-state index contributed by atoms with van der Waals surface area (Å²) in [5, 5.41) is 11.5. The fraction of sp³-hybridized carbons (Fsp3) is 0.0769. The van der Waals surface area contributed by atoms with Crippen LogP contribution in [0.1, 0.15) is 20.8 Å². The number of benzene rings is 1. The second-order valence-corrected chi connectivity index (χ2v) is 5.02. The lowest BCUT2D eigenvalue weighted by atomic mass is 10.1. The Bertz CT molecular complexity index is 697. The molecule has 0 saturated carbocycles. The van der Waals surface area contributed by atoms with Crippen molar-refractivity contribution in [3.8, 4) is 0 Å². The molecule has 1 heterocycles. The van der Waals surface area contributed by atoms with Gasteiger partial charge >= 0.3 is 5.97 Å². The number of amides is 1. The van der Waals surface area contributed by atoms with Crippen LogP contribution in [-0.2, 0) is 7.05 Å². The molecule has 0 bridgehead atoms. The summed E-state index contributed by atoms with van der Waals surface area (Å²) < 4.78 is 15.4. The Morgan fingerprint density at radius 1 is 1.35 bits per heavy atom. The van der Waals surface area contributed by atoms with Crippen molar-refractivity contribution in [3.63, 3.8) is 0 Å². The van der Waals surface area contributed by atoms with Crippen LogP contribution in [-0.4, -0.2) is 21.6 Å². The number of hydrogen-bond acceptors (Lipinski definition) is 2. The van der Waals surface area contributed by atoms with Crippen LogP contribution in [0.2, 0.25) is 0 Å². The van der Waals surface area contributed by atoms with Crippen LogP contribution < -0.4 is 5.32 Å². The summed E-state index contributed by atoms with van der Waals surface area (Å²) in [5.74, 6) is -2.47. The van der Waals surface area contributed by atoms with Crippen LogP contribution in [0.5, 0.6) is 0 Å². The maximum atomic E-state index is 13.0. The van der Waals surface area contributed by atoms with E-state index in [0.717, 1.165) is 16.6 Å². The number of aromatic carboxylic acids is 1. The summed E-state index contributed by atoms with van der Waals surface area (Å²) >= 11 is 3.24. The molecule has 0 aliphatic carbocycles. The maximum Gasteiger partial charge on any atom is 0.337 e. The predicted molar refractivity (Wildman–Crippen MR) is 74.4 cm³/mol. The van der Waals surface area contributed by atoms with E-state index in [9.17, 15) is 14.0 Å². The average molecular weight is 341 g/mol. The van der Waals surface area contributed by atoms with Gasteiger partial charge in [-0.15, -0.1) is 0 Å². The number of anilines is 1. The van der Waals surface area contributed by atoms with Gasteiger partial charge in [-0.25, -0.2) is 9.18 Å². The number of carbonyl (C=O) groups excluding carboxylic acids is 1. The van der Waals surface area contributed by atoms with E-state index in [0.29, 0.717) is 5.69 Å². The molecule has 0 aliphatic rings. The molecule has 0 saturated heterocycles. The van der Waals surface area contributed by atoms with Gasteiger partial charge < -0.3 is 15.0 Å². The zero-order valence-corrected chi connectivity index (χ0v) is 11.9. The largest absolute Gasteiger partial charge is 0.478 e. The third-order valence-corrected chi connectivity index (χ3v) is 3.10. The van der Waals surface area contributed by atoms with Gasteiger partial charge in [0.2, 0.25) is 0 Å². The number of aromatic nitrogens is 1. The quantitative estimate of drug-likeness (QED) is 0.902. The summed E-state index contributed by atoms with van der Waals surface area (Å²) in [5.41, 5.74) is 0.0883. The van der Waals surface area contributed by atoms with Gasteiger partial charge in [0.1, 0.15) is 11.5 Å². The van der Waals surface area contributed by atoms with Crippen LogP contribution in [0.15, 0.2) is 34.9 Å². The number of rotatable bonds is 3. The van der Waals surface area contributed by atoms with Gasteiger partial charge in [0.15, 0.2) is 0 Å². The highest BCUT2D eigenvalue weighted by Crippen LogP contribution is 2.19. The third-order valence-electron chi connectivity index (χ3n) is 2.66. The monoisotopic (exact) mass is 340 g/mol. The number of nitrogens with zero attached hydrogens (tertiary/aromatic N) is 1. The molecule has 104 valence electrons. The molecule has 2 aromatic rings. The lowest BCUT2D eigenvalue weighted by molar-refractivity contribution is 0.0697. The van der Waals surface area contributed by atoms with E-state index in [4.69, 9.17) is 5.11 Å². The highest BCUT2D eigenvalue weighted by Gasteiger charge is 2.16. The van der Waals surface area contributed by atoms with Crippen LogP contribution in [0.3, 0.4) is 0 Å². The van der Waals surface area contributed by atoms with Gasteiger partial charge in [-0.05, 0) is 40.2 Å². The Balaban J connectivity index is 2.33. The highest BCUT2D eigenvalue weighted by atomic mass is 79.9. The fourth-order valence-electron chi connectivity index (χ4n) is 1.74. The van der Waals surface area contributed by atoms with Gasteiger partial charge in [-0.3, -0.25) is 4.79 Å².